The summed E-state index contributed by atoms with van der Waals surface area (Å²) in [4.78, 5) is 34.3. The number of aryl methyl sites for hydroxylation is 5. The Morgan fingerprint density at radius 1 is 0.483 bits per heavy atom. The van der Waals surface area contributed by atoms with Crippen LogP contribution in [0.5, 0.6) is 17.2 Å². The molecule has 0 unspecified atom stereocenters. The zero-order valence-corrected chi connectivity index (χ0v) is 50.4. The van der Waals surface area contributed by atoms with Crippen LogP contribution in [0.4, 0.5) is 31.0 Å². The molecular formula is C67H65F3N16O3. The Bertz CT molecular complexity index is 4630. The van der Waals surface area contributed by atoms with Gasteiger partial charge in [0.25, 0.3) is 0 Å². The quantitative estimate of drug-likeness (QED) is 0.0932. The van der Waals surface area contributed by atoms with E-state index in [-0.39, 0.29) is 17.5 Å². The first-order valence-electron chi connectivity index (χ1n) is 29.4. The second-order valence-corrected chi connectivity index (χ2v) is 22.5. The number of hydrogen-bond acceptors (Lipinski definition) is 15. The molecule has 0 fully saturated rings. The summed E-state index contributed by atoms with van der Waals surface area (Å²) in [5.74, 6) is 3.46. The zero-order chi connectivity index (χ0) is 61.4. The van der Waals surface area contributed by atoms with Crippen LogP contribution < -0.4 is 30.2 Å². The van der Waals surface area contributed by atoms with E-state index in [1.807, 2.05) is 90.9 Å². The predicted octanol–water partition coefficient (Wildman–Crippen LogP) is 11.7. The minimum absolute atomic E-state index is 0.228. The fourth-order valence-electron chi connectivity index (χ4n) is 11.8. The summed E-state index contributed by atoms with van der Waals surface area (Å²) in [7, 11) is 6.00. The molecular weight excluding hydrogens is 1130 g/mol. The van der Waals surface area contributed by atoms with E-state index in [1.165, 1.54) is 23.8 Å². The van der Waals surface area contributed by atoms with E-state index in [0.717, 1.165) is 133 Å². The average Bonchev–Trinajstić information content (AvgIpc) is 2.24. The Morgan fingerprint density at radius 2 is 0.910 bits per heavy atom. The third-order valence-electron chi connectivity index (χ3n) is 16.0. The van der Waals surface area contributed by atoms with E-state index in [9.17, 15) is 13.2 Å². The molecule has 22 heteroatoms. The van der Waals surface area contributed by atoms with Gasteiger partial charge in [-0.1, -0.05) is 24.3 Å². The molecule has 0 amide bonds. The van der Waals surface area contributed by atoms with Crippen molar-refractivity contribution in [3.05, 3.63) is 208 Å². The Labute approximate surface area is 511 Å². The minimum atomic E-state index is -0.235. The second-order valence-electron chi connectivity index (χ2n) is 22.5. The van der Waals surface area contributed by atoms with Gasteiger partial charge in [0.2, 0.25) is 17.8 Å². The van der Waals surface area contributed by atoms with Gasteiger partial charge in [0.15, 0.2) is 5.65 Å². The molecule has 0 atom stereocenters. The fraction of sp³-hybridized carbons (Fsp3) is 0.254. The molecule has 3 aliphatic heterocycles. The van der Waals surface area contributed by atoms with Gasteiger partial charge in [-0.15, -0.1) is 0 Å². The zero-order valence-electron chi connectivity index (χ0n) is 50.4. The molecule has 11 heterocycles. The van der Waals surface area contributed by atoms with Crippen LogP contribution >= 0.6 is 0 Å². The molecule has 0 saturated carbocycles. The smallest absolute Gasteiger partial charge is 0.208 e. The van der Waals surface area contributed by atoms with Gasteiger partial charge < -0.3 is 35.1 Å². The molecule has 0 bridgehead atoms. The number of halogens is 3. The molecule has 19 nitrogen and oxygen atoms in total. The topological polar surface area (TPSA) is 188 Å². The highest BCUT2D eigenvalue weighted by Crippen LogP contribution is 2.35. The monoisotopic (exact) mass is 1200 g/mol. The van der Waals surface area contributed by atoms with Gasteiger partial charge in [-0.3, -0.25) is 22.9 Å². The molecule has 12 aromatic rings. The molecule has 4 aromatic carbocycles. The van der Waals surface area contributed by atoms with Crippen LogP contribution in [0.1, 0.15) is 61.7 Å². The summed E-state index contributed by atoms with van der Waals surface area (Å²) in [6, 6.07) is 23.8. The van der Waals surface area contributed by atoms with Crippen molar-refractivity contribution in [3.8, 4) is 50.8 Å². The third kappa shape index (κ3) is 11.7. The van der Waals surface area contributed by atoms with Gasteiger partial charge in [-0.2, -0.15) is 5.10 Å². The maximum absolute atomic E-state index is 14.5. The Kier molecular flexibility index (Phi) is 15.8. The predicted molar refractivity (Wildman–Crippen MR) is 335 cm³/mol. The van der Waals surface area contributed by atoms with Crippen LogP contribution in [0.15, 0.2) is 128 Å². The van der Waals surface area contributed by atoms with E-state index in [2.05, 4.69) is 94.2 Å². The molecule has 0 radical (unpaired) electrons. The van der Waals surface area contributed by atoms with Crippen LogP contribution in [-0.2, 0) is 52.5 Å². The first kappa shape index (κ1) is 57.7. The van der Waals surface area contributed by atoms with Crippen LogP contribution in [-0.4, -0.2) is 96.7 Å². The third-order valence-corrected chi connectivity index (χ3v) is 16.0. The van der Waals surface area contributed by atoms with E-state index in [4.69, 9.17) is 19.2 Å². The standard InChI is InChI=1S/C25H26FN5O.C22H20FN5O.C20H19FN6O/c1-16-14-31-24(29-16)20(18-6-4-17(5-7-18)15-30(2)3)12-27-25(31)28-13-21-19-10-11-32-23(19)9-8-22(21)26;1-13-9-15(5-7-24-13)17-10-25-22(28-12-14(2)27-21(17)28)26-11-18-16-6-8-29-20(16)4-3-19(18)23;1-12-11-27-19(25-12)15(17-5-7-24-26(17)2)10-23-20(27)22-9-14-13-6-8-28-18(13)4-3-16(14)21/h4-9,12,14H,10-11,13,15H2,1-3H3,(H,27,28);3-5,7,9-10,12H,6,8,11H2,1-2H3,(H,25,26);3-5,7,10-11H,6,8-9H2,1-2H3,(H,22,23). The van der Waals surface area contributed by atoms with Gasteiger partial charge in [-0.25, -0.2) is 43.1 Å². The van der Waals surface area contributed by atoms with Crippen molar-refractivity contribution < 1.29 is 27.4 Å². The maximum Gasteiger partial charge on any atom is 0.208 e. The fourth-order valence-corrected chi connectivity index (χ4v) is 11.8. The molecule has 15 rings (SSSR count). The lowest BCUT2D eigenvalue weighted by molar-refractivity contribution is 0.356. The summed E-state index contributed by atoms with van der Waals surface area (Å²) in [6.45, 7) is 11.4. The van der Waals surface area contributed by atoms with Crippen molar-refractivity contribution in [1.29, 1.82) is 0 Å². The number of aromatic nitrogens is 12. The Hall–Kier alpha value is -10.4. The maximum atomic E-state index is 14.5. The number of benzene rings is 4. The van der Waals surface area contributed by atoms with Crippen molar-refractivity contribution in [3.63, 3.8) is 0 Å². The average molecular weight is 1200 g/mol. The first-order valence-corrected chi connectivity index (χ1v) is 29.4. The number of nitrogens with zero attached hydrogens (tertiary/aromatic N) is 13. The minimum Gasteiger partial charge on any atom is -0.493 e. The highest BCUT2D eigenvalue weighted by molar-refractivity contribution is 5.80. The molecule has 89 heavy (non-hydrogen) atoms. The highest BCUT2D eigenvalue weighted by Gasteiger charge is 2.24. The molecule has 0 aliphatic carbocycles. The van der Waals surface area contributed by atoms with Crippen molar-refractivity contribution >= 4 is 34.8 Å². The lowest BCUT2D eigenvalue weighted by atomic mass is 10.0. The largest absolute Gasteiger partial charge is 0.493 e. The van der Waals surface area contributed by atoms with E-state index < -0.39 is 0 Å². The Balaban J connectivity index is 0.000000123. The lowest BCUT2D eigenvalue weighted by Crippen LogP contribution is -2.10. The first-order chi connectivity index (χ1) is 43.2. The van der Waals surface area contributed by atoms with Gasteiger partial charge in [-0.05, 0) is 113 Å². The van der Waals surface area contributed by atoms with Crippen LogP contribution in [0.2, 0.25) is 0 Å². The number of anilines is 3. The number of nitrogens with one attached hydrogen (secondary N) is 3. The number of ether oxygens (including phenoxy) is 3. The van der Waals surface area contributed by atoms with Crippen LogP contribution in [0.3, 0.4) is 0 Å². The van der Waals surface area contributed by atoms with Crippen molar-refractivity contribution in [2.24, 2.45) is 7.05 Å². The number of pyridine rings is 1. The lowest BCUT2D eigenvalue weighted by Gasteiger charge is -2.13. The Morgan fingerprint density at radius 3 is 1.33 bits per heavy atom. The highest BCUT2D eigenvalue weighted by atomic mass is 19.1. The SMILES string of the molecule is Cc1cc(-c2cnc(NCc3c(F)ccc4c3CCO4)n3cc(C)nc23)ccn1.Cc1cn2c(NCc3c(F)ccc4c3CCO4)ncc(-c3ccc(CN(C)C)cc3)c2n1.Cc1cn2c(NCc3c(F)ccc4c3CCO4)ncc(-c3ccnn3C)c2n1. The number of hydrogen-bond donors (Lipinski definition) is 3. The molecule has 0 saturated heterocycles. The molecule has 452 valence electrons. The van der Waals surface area contributed by atoms with Gasteiger partial charge in [0.1, 0.15) is 46.0 Å². The summed E-state index contributed by atoms with van der Waals surface area (Å²) >= 11 is 0. The number of fused-ring (bicyclic) bond motifs is 6. The summed E-state index contributed by atoms with van der Waals surface area (Å²) in [5, 5.41) is 14.1. The van der Waals surface area contributed by atoms with Gasteiger partial charge in [0.05, 0.1) is 48.2 Å². The summed E-state index contributed by atoms with van der Waals surface area (Å²) < 4.78 is 67.6. The van der Waals surface area contributed by atoms with E-state index in [1.54, 1.807) is 47.7 Å². The van der Waals surface area contributed by atoms with Crippen molar-refractivity contribution in [2.45, 2.75) is 73.1 Å². The van der Waals surface area contributed by atoms with Gasteiger partial charge >= 0.3 is 0 Å². The second kappa shape index (κ2) is 24.4. The van der Waals surface area contributed by atoms with E-state index in [0.29, 0.717) is 74.0 Å². The van der Waals surface area contributed by atoms with Crippen LogP contribution in [0.25, 0.3) is 50.5 Å². The summed E-state index contributed by atoms with van der Waals surface area (Å²) in [5.41, 5.74) is 17.7. The molecule has 3 aliphatic rings. The van der Waals surface area contributed by atoms with E-state index >= 15 is 0 Å². The normalized spacial score (nSPS) is 12.9. The number of rotatable bonds is 14. The summed E-state index contributed by atoms with van der Waals surface area (Å²) in [6.07, 6.45) is 16.9. The molecule has 0 spiro atoms. The van der Waals surface area contributed by atoms with Crippen molar-refractivity contribution in [2.75, 3.05) is 49.9 Å². The van der Waals surface area contributed by atoms with Crippen LogP contribution in [0, 0.1) is 45.1 Å². The molecule has 3 N–H and O–H groups in total. The van der Waals surface area contributed by atoms with Gasteiger partial charge in [0, 0.05) is 152 Å². The van der Waals surface area contributed by atoms with Crippen molar-refractivity contribution in [1.82, 2.24) is 62.8 Å². The molecule has 8 aromatic heterocycles. The number of imidazole rings is 3.